The molecule has 4 heteroatoms. The summed E-state index contributed by atoms with van der Waals surface area (Å²) in [6.45, 7) is 2.83. The van der Waals surface area contributed by atoms with Crippen LogP contribution in [0.1, 0.15) is 19.8 Å². The molecule has 0 saturated carbocycles. The van der Waals surface area contributed by atoms with Crippen LogP contribution in [0.15, 0.2) is 24.3 Å². The molecule has 102 valence electrons. The molecule has 0 amide bonds. The monoisotopic (exact) mass is 254 g/mol. The van der Waals surface area contributed by atoms with Crippen molar-refractivity contribution in [2.75, 3.05) is 26.1 Å². The maximum Gasteiger partial charge on any atom is 0.123 e. The van der Waals surface area contributed by atoms with Crippen molar-refractivity contribution in [2.24, 2.45) is 0 Å². The number of nitrogens with one attached hydrogen (secondary N) is 2. The van der Waals surface area contributed by atoms with Crippen LogP contribution in [0, 0.1) is 5.82 Å². The molecule has 0 aliphatic heterocycles. The number of hydrogen-bond acceptors (Lipinski definition) is 3. The predicted octanol–water partition coefficient (Wildman–Crippen LogP) is 2.64. The minimum atomic E-state index is -0.207. The van der Waals surface area contributed by atoms with Crippen LogP contribution in [0.5, 0.6) is 0 Å². The number of methoxy groups -OCH3 is 1. The summed E-state index contributed by atoms with van der Waals surface area (Å²) >= 11 is 0. The van der Waals surface area contributed by atoms with Gasteiger partial charge in [0.15, 0.2) is 0 Å². The van der Waals surface area contributed by atoms with E-state index >= 15 is 0 Å². The number of anilines is 1. The van der Waals surface area contributed by atoms with E-state index in [9.17, 15) is 4.39 Å². The third-order valence-corrected chi connectivity index (χ3v) is 3.05. The molecule has 2 N–H and O–H groups in total. The third kappa shape index (κ3) is 5.02. The third-order valence-electron chi connectivity index (χ3n) is 3.05. The molecule has 0 spiro atoms. The molecule has 1 aromatic carbocycles. The normalized spacial score (nSPS) is 14.2. The van der Waals surface area contributed by atoms with E-state index in [2.05, 4.69) is 17.6 Å². The standard InChI is InChI=1S/C14H23FN2O/c1-4-12(9-14(16-2)10-18-3)17-13-7-5-11(15)6-8-13/h5-8,12,14,16-17H,4,9-10H2,1-3H3/t12-,14+/m0/s1. The van der Waals surface area contributed by atoms with Crippen LogP contribution in [0.3, 0.4) is 0 Å². The van der Waals surface area contributed by atoms with Crippen LogP contribution in [-0.2, 0) is 4.74 Å². The predicted molar refractivity (Wildman–Crippen MR) is 73.4 cm³/mol. The van der Waals surface area contributed by atoms with Crippen LogP contribution >= 0.6 is 0 Å². The molecular formula is C14H23FN2O. The lowest BCUT2D eigenvalue weighted by Crippen LogP contribution is -2.36. The first-order valence-corrected chi connectivity index (χ1v) is 6.37. The Morgan fingerprint density at radius 3 is 2.39 bits per heavy atom. The number of hydrogen-bond donors (Lipinski definition) is 2. The second-order valence-electron chi connectivity index (χ2n) is 4.43. The van der Waals surface area contributed by atoms with Gasteiger partial charge in [0.25, 0.3) is 0 Å². The van der Waals surface area contributed by atoms with Gasteiger partial charge in [-0.05, 0) is 44.2 Å². The SMILES string of the molecule is CC[C@@H](C[C@H](COC)NC)Nc1ccc(F)cc1. The van der Waals surface area contributed by atoms with E-state index in [1.54, 1.807) is 19.2 Å². The average molecular weight is 254 g/mol. The van der Waals surface area contributed by atoms with Crippen molar-refractivity contribution in [2.45, 2.75) is 31.8 Å². The van der Waals surface area contributed by atoms with Gasteiger partial charge in [-0.2, -0.15) is 0 Å². The van der Waals surface area contributed by atoms with Gasteiger partial charge >= 0.3 is 0 Å². The zero-order valence-corrected chi connectivity index (χ0v) is 11.4. The number of halogens is 1. The number of likely N-dealkylation sites (N-methyl/N-ethyl adjacent to an activating group) is 1. The zero-order valence-electron chi connectivity index (χ0n) is 11.4. The molecule has 0 aliphatic carbocycles. The topological polar surface area (TPSA) is 33.3 Å². The molecule has 18 heavy (non-hydrogen) atoms. The van der Waals surface area contributed by atoms with E-state index in [4.69, 9.17) is 4.74 Å². The van der Waals surface area contributed by atoms with E-state index in [0.717, 1.165) is 18.5 Å². The summed E-state index contributed by atoms with van der Waals surface area (Å²) in [7, 11) is 3.65. The zero-order chi connectivity index (χ0) is 13.4. The molecule has 0 unspecified atom stereocenters. The van der Waals surface area contributed by atoms with Gasteiger partial charge in [-0.25, -0.2) is 4.39 Å². The van der Waals surface area contributed by atoms with Gasteiger partial charge in [-0.15, -0.1) is 0 Å². The highest BCUT2D eigenvalue weighted by Crippen LogP contribution is 2.14. The largest absolute Gasteiger partial charge is 0.383 e. The first-order chi connectivity index (χ1) is 8.69. The summed E-state index contributed by atoms with van der Waals surface area (Å²) < 4.78 is 18.0. The van der Waals surface area contributed by atoms with E-state index < -0.39 is 0 Å². The van der Waals surface area contributed by atoms with Crippen molar-refractivity contribution in [3.05, 3.63) is 30.1 Å². The van der Waals surface area contributed by atoms with Gasteiger partial charge in [-0.1, -0.05) is 6.92 Å². The lowest BCUT2D eigenvalue weighted by atomic mass is 10.0. The Bertz CT molecular complexity index is 329. The Morgan fingerprint density at radius 1 is 1.22 bits per heavy atom. The van der Waals surface area contributed by atoms with Crippen molar-refractivity contribution in [1.29, 1.82) is 0 Å². The quantitative estimate of drug-likeness (QED) is 0.748. The smallest absolute Gasteiger partial charge is 0.123 e. The maximum absolute atomic E-state index is 12.8. The molecule has 0 aliphatic rings. The molecule has 1 rings (SSSR count). The Kier molecular flexibility index (Phi) is 6.68. The highest BCUT2D eigenvalue weighted by atomic mass is 19.1. The van der Waals surface area contributed by atoms with Crippen molar-refractivity contribution in [3.8, 4) is 0 Å². The van der Waals surface area contributed by atoms with Gasteiger partial charge in [0, 0.05) is 24.9 Å². The summed E-state index contributed by atoms with van der Waals surface area (Å²) in [5.41, 5.74) is 0.954. The fourth-order valence-electron chi connectivity index (χ4n) is 1.92. The van der Waals surface area contributed by atoms with Crippen molar-refractivity contribution in [3.63, 3.8) is 0 Å². The fraction of sp³-hybridized carbons (Fsp3) is 0.571. The Morgan fingerprint density at radius 2 is 1.89 bits per heavy atom. The summed E-state index contributed by atoms with van der Waals surface area (Å²) in [4.78, 5) is 0. The van der Waals surface area contributed by atoms with Gasteiger partial charge in [0.05, 0.1) is 6.61 Å². The second-order valence-corrected chi connectivity index (χ2v) is 4.43. The second kappa shape index (κ2) is 8.06. The van der Waals surface area contributed by atoms with E-state index in [-0.39, 0.29) is 5.82 Å². The van der Waals surface area contributed by atoms with Gasteiger partial charge in [0.1, 0.15) is 5.82 Å². The molecular weight excluding hydrogens is 231 g/mol. The van der Waals surface area contributed by atoms with Gasteiger partial charge < -0.3 is 15.4 Å². The summed E-state index contributed by atoms with van der Waals surface area (Å²) in [5.74, 6) is -0.207. The fourth-order valence-corrected chi connectivity index (χ4v) is 1.92. The van der Waals surface area contributed by atoms with E-state index in [1.165, 1.54) is 12.1 Å². The molecule has 1 aromatic rings. The Hall–Kier alpha value is -1.13. The Balaban J connectivity index is 2.52. The van der Waals surface area contributed by atoms with E-state index in [0.29, 0.717) is 18.7 Å². The molecule has 0 saturated heterocycles. The lowest BCUT2D eigenvalue weighted by molar-refractivity contribution is 0.163. The molecule has 2 atom stereocenters. The van der Waals surface area contributed by atoms with Crippen molar-refractivity contribution in [1.82, 2.24) is 5.32 Å². The van der Waals surface area contributed by atoms with Crippen LogP contribution in [0.25, 0.3) is 0 Å². The Labute approximate surface area is 109 Å². The lowest BCUT2D eigenvalue weighted by Gasteiger charge is -2.23. The van der Waals surface area contributed by atoms with Crippen molar-refractivity contribution < 1.29 is 9.13 Å². The van der Waals surface area contributed by atoms with Gasteiger partial charge in [-0.3, -0.25) is 0 Å². The number of ether oxygens (including phenoxy) is 1. The molecule has 0 fully saturated rings. The van der Waals surface area contributed by atoms with Crippen LogP contribution in [0.2, 0.25) is 0 Å². The summed E-state index contributed by atoms with van der Waals surface area (Å²) in [5, 5.41) is 6.65. The molecule has 0 bridgehead atoms. The van der Waals surface area contributed by atoms with Crippen LogP contribution < -0.4 is 10.6 Å². The number of benzene rings is 1. The van der Waals surface area contributed by atoms with E-state index in [1.807, 2.05) is 7.05 Å². The summed E-state index contributed by atoms with van der Waals surface area (Å²) in [6, 6.07) is 7.15. The van der Waals surface area contributed by atoms with Crippen molar-refractivity contribution >= 4 is 5.69 Å². The first-order valence-electron chi connectivity index (χ1n) is 6.37. The minimum Gasteiger partial charge on any atom is -0.383 e. The van der Waals surface area contributed by atoms with Gasteiger partial charge in [0.2, 0.25) is 0 Å². The average Bonchev–Trinajstić information content (AvgIpc) is 2.39. The molecule has 3 nitrogen and oxygen atoms in total. The van der Waals surface area contributed by atoms with Crippen LogP contribution in [-0.4, -0.2) is 32.8 Å². The minimum absolute atomic E-state index is 0.207. The molecule has 0 aromatic heterocycles. The molecule has 0 radical (unpaired) electrons. The highest BCUT2D eigenvalue weighted by Gasteiger charge is 2.13. The summed E-state index contributed by atoms with van der Waals surface area (Å²) in [6.07, 6.45) is 1.98. The number of rotatable bonds is 8. The maximum atomic E-state index is 12.8. The highest BCUT2D eigenvalue weighted by molar-refractivity contribution is 5.43. The van der Waals surface area contributed by atoms with Crippen LogP contribution in [0.4, 0.5) is 10.1 Å². The molecule has 0 heterocycles. The first kappa shape index (κ1) is 14.9.